The van der Waals surface area contributed by atoms with Crippen LogP contribution in [0.3, 0.4) is 0 Å². The summed E-state index contributed by atoms with van der Waals surface area (Å²) >= 11 is 0. The van der Waals surface area contributed by atoms with Crippen LogP contribution >= 0.6 is 0 Å². The minimum atomic E-state index is -1.00. The van der Waals surface area contributed by atoms with E-state index in [2.05, 4.69) is 11.9 Å². The number of ether oxygens (including phenoxy) is 2. The van der Waals surface area contributed by atoms with Crippen molar-refractivity contribution in [3.8, 4) is 11.5 Å². The highest BCUT2D eigenvalue weighted by Gasteiger charge is 2.11. The van der Waals surface area contributed by atoms with Crippen molar-refractivity contribution >= 4 is 11.7 Å². The van der Waals surface area contributed by atoms with Crippen molar-refractivity contribution in [2.45, 2.75) is 0 Å². The fourth-order valence-electron chi connectivity index (χ4n) is 1.44. The van der Waals surface area contributed by atoms with Crippen molar-refractivity contribution in [2.75, 3.05) is 25.1 Å². The number of benzene rings is 1. The topological polar surface area (TPSA) is 67.8 Å². The lowest BCUT2D eigenvalue weighted by Crippen LogP contribution is -2.16. The van der Waals surface area contributed by atoms with Crippen molar-refractivity contribution in [3.63, 3.8) is 0 Å². The van der Waals surface area contributed by atoms with Gasteiger partial charge >= 0.3 is 5.97 Å². The van der Waals surface area contributed by atoms with Crippen molar-refractivity contribution in [1.29, 1.82) is 0 Å². The number of carboxylic acids is 1. The Balaban J connectivity index is 2.02. The molecule has 17 heavy (non-hydrogen) atoms. The summed E-state index contributed by atoms with van der Waals surface area (Å²) in [5.41, 5.74) is 0.886. The van der Waals surface area contributed by atoms with Gasteiger partial charge in [0, 0.05) is 23.9 Å². The van der Waals surface area contributed by atoms with Gasteiger partial charge in [-0.1, -0.05) is 6.58 Å². The fraction of sp³-hybridized carbons (Fsp3) is 0.250. The van der Waals surface area contributed by atoms with Crippen LogP contribution < -0.4 is 14.8 Å². The average molecular weight is 235 g/mol. The minimum Gasteiger partial charge on any atom is -0.486 e. The van der Waals surface area contributed by atoms with Gasteiger partial charge in [-0.05, 0) is 12.1 Å². The predicted octanol–water partition coefficient (Wildman–Crippen LogP) is 1.51. The molecule has 0 spiro atoms. The first-order chi connectivity index (χ1) is 8.16. The smallest absolute Gasteiger partial charge is 0.332 e. The Labute approximate surface area is 98.7 Å². The number of hydrogen-bond donors (Lipinski definition) is 2. The molecule has 1 aromatic rings. The third kappa shape index (κ3) is 2.69. The Morgan fingerprint density at radius 2 is 2.06 bits per heavy atom. The molecule has 5 nitrogen and oxygen atoms in total. The van der Waals surface area contributed by atoms with Crippen LogP contribution in [0.1, 0.15) is 0 Å². The summed E-state index contributed by atoms with van der Waals surface area (Å²) in [5.74, 6) is 0.371. The Morgan fingerprint density at radius 1 is 1.35 bits per heavy atom. The summed E-state index contributed by atoms with van der Waals surface area (Å²) < 4.78 is 10.8. The van der Waals surface area contributed by atoms with Crippen LogP contribution in [0.2, 0.25) is 0 Å². The van der Waals surface area contributed by atoms with E-state index in [0.717, 1.165) is 5.69 Å². The Morgan fingerprint density at radius 3 is 2.76 bits per heavy atom. The molecule has 0 atom stereocenters. The van der Waals surface area contributed by atoms with E-state index in [0.29, 0.717) is 24.7 Å². The van der Waals surface area contributed by atoms with Crippen LogP contribution in [0, 0.1) is 0 Å². The molecule has 0 radical (unpaired) electrons. The van der Waals surface area contributed by atoms with Gasteiger partial charge in [-0.3, -0.25) is 0 Å². The first kappa shape index (κ1) is 11.3. The van der Waals surface area contributed by atoms with E-state index in [-0.39, 0.29) is 12.1 Å². The maximum Gasteiger partial charge on any atom is 0.332 e. The summed E-state index contributed by atoms with van der Waals surface area (Å²) in [7, 11) is 0. The maximum absolute atomic E-state index is 10.6. The third-order valence-corrected chi connectivity index (χ3v) is 2.35. The lowest BCUT2D eigenvalue weighted by molar-refractivity contribution is -0.132. The highest BCUT2D eigenvalue weighted by molar-refractivity contribution is 5.86. The van der Waals surface area contributed by atoms with Gasteiger partial charge in [0.2, 0.25) is 0 Å². The Hall–Kier alpha value is -2.17. The zero-order valence-corrected chi connectivity index (χ0v) is 9.23. The predicted molar refractivity (Wildman–Crippen MR) is 62.7 cm³/mol. The van der Waals surface area contributed by atoms with E-state index >= 15 is 0 Å². The fourth-order valence-corrected chi connectivity index (χ4v) is 1.44. The molecular formula is C12H13NO4. The molecular weight excluding hydrogens is 222 g/mol. The molecule has 1 heterocycles. The molecule has 0 aromatic heterocycles. The van der Waals surface area contributed by atoms with Gasteiger partial charge in [0.25, 0.3) is 0 Å². The summed E-state index contributed by atoms with van der Waals surface area (Å²) in [6.45, 7) is 4.71. The van der Waals surface area contributed by atoms with Gasteiger partial charge in [0.1, 0.15) is 13.2 Å². The van der Waals surface area contributed by atoms with E-state index in [1.807, 2.05) is 6.07 Å². The van der Waals surface area contributed by atoms with E-state index in [9.17, 15) is 4.79 Å². The number of carboxylic acid groups (broad SMARTS) is 1. The van der Waals surface area contributed by atoms with E-state index < -0.39 is 5.97 Å². The zero-order chi connectivity index (χ0) is 12.3. The molecule has 2 N–H and O–H groups in total. The van der Waals surface area contributed by atoms with Gasteiger partial charge in [-0.15, -0.1) is 0 Å². The number of anilines is 1. The molecule has 2 rings (SSSR count). The van der Waals surface area contributed by atoms with Crippen molar-refractivity contribution in [2.24, 2.45) is 0 Å². The normalized spacial score (nSPS) is 12.9. The first-order valence-corrected chi connectivity index (χ1v) is 5.21. The molecule has 0 bridgehead atoms. The Kier molecular flexibility index (Phi) is 3.18. The lowest BCUT2D eigenvalue weighted by atomic mass is 10.2. The molecule has 1 aliphatic rings. The first-order valence-electron chi connectivity index (χ1n) is 5.21. The second kappa shape index (κ2) is 4.78. The molecule has 0 fully saturated rings. The van der Waals surface area contributed by atoms with Crippen LogP contribution in [0.4, 0.5) is 5.69 Å². The SMILES string of the molecule is C=C(CNc1ccc2c(c1)OCCO2)C(=O)O. The molecule has 0 aliphatic carbocycles. The average Bonchev–Trinajstić information content (AvgIpc) is 2.35. The number of rotatable bonds is 4. The van der Waals surface area contributed by atoms with Crippen molar-refractivity contribution in [1.82, 2.24) is 0 Å². The lowest BCUT2D eigenvalue weighted by Gasteiger charge is -2.19. The zero-order valence-electron chi connectivity index (χ0n) is 9.23. The highest BCUT2D eigenvalue weighted by atomic mass is 16.6. The molecule has 1 aromatic carbocycles. The molecule has 1 aliphatic heterocycles. The highest BCUT2D eigenvalue weighted by Crippen LogP contribution is 2.32. The maximum atomic E-state index is 10.6. The summed E-state index contributed by atoms with van der Waals surface area (Å²) in [5, 5.41) is 11.6. The van der Waals surface area contributed by atoms with Crippen LogP contribution in [-0.2, 0) is 4.79 Å². The molecule has 0 amide bonds. The van der Waals surface area contributed by atoms with Gasteiger partial charge in [0.15, 0.2) is 11.5 Å². The Bertz CT molecular complexity index is 456. The van der Waals surface area contributed by atoms with E-state index in [4.69, 9.17) is 14.6 Å². The van der Waals surface area contributed by atoms with Crippen LogP contribution in [0.5, 0.6) is 11.5 Å². The van der Waals surface area contributed by atoms with Crippen molar-refractivity contribution in [3.05, 3.63) is 30.4 Å². The molecule has 0 saturated heterocycles. The second-order valence-corrected chi connectivity index (χ2v) is 3.62. The van der Waals surface area contributed by atoms with Gasteiger partial charge in [-0.25, -0.2) is 4.79 Å². The van der Waals surface area contributed by atoms with Crippen LogP contribution in [-0.4, -0.2) is 30.8 Å². The quantitative estimate of drug-likeness (QED) is 0.774. The van der Waals surface area contributed by atoms with Crippen LogP contribution in [0.25, 0.3) is 0 Å². The third-order valence-electron chi connectivity index (χ3n) is 2.35. The molecule has 0 unspecified atom stereocenters. The van der Waals surface area contributed by atoms with Crippen LogP contribution in [0.15, 0.2) is 30.4 Å². The number of nitrogens with one attached hydrogen (secondary N) is 1. The largest absolute Gasteiger partial charge is 0.486 e. The monoisotopic (exact) mass is 235 g/mol. The van der Waals surface area contributed by atoms with E-state index in [1.54, 1.807) is 12.1 Å². The number of fused-ring (bicyclic) bond motifs is 1. The summed E-state index contributed by atoms with van der Waals surface area (Å²) in [6, 6.07) is 5.38. The van der Waals surface area contributed by atoms with E-state index in [1.165, 1.54) is 0 Å². The molecule has 90 valence electrons. The second-order valence-electron chi connectivity index (χ2n) is 3.62. The standard InChI is InChI=1S/C12H13NO4/c1-8(12(14)15)7-13-9-2-3-10-11(6-9)17-5-4-16-10/h2-3,6,13H,1,4-5,7H2,(H,14,15). The van der Waals surface area contributed by atoms with Gasteiger partial charge < -0.3 is 19.9 Å². The number of hydrogen-bond acceptors (Lipinski definition) is 4. The van der Waals surface area contributed by atoms with Gasteiger partial charge in [0.05, 0.1) is 0 Å². The summed E-state index contributed by atoms with van der Waals surface area (Å²) in [4.78, 5) is 10.6. The minimum absolute atomic E-state index is 0.111. The number of aliphatic carboxylic acids is 1. The number of carbonyl (C=O) groups is 1. The summed E-state index contributed by atoms with van der Waals surface area (Å²) in [6.07, 6.45) is 0. The molecule has 5 heteroatoms. The van der Waals surface area contributed by atoms with Crippen molar-refractivity contribution < 1.29 is 19.4 Å². The van der Waals surface area contributed by atoms with Gasteiger partial charge in [-0.2, -0.15) is 0 Å². The molecule has 0 saturated carbocycles.